The van der Waals surface area contributed by atoms with E-state index >= 15 is 0 Å². The normalized spacial score (nSPS) is 12.3. The summed E-state index contributed by atoms with van der Waals surface area (Å²) in [6.07, 6.45) is 4.63. The monoisotopic (exact) mass is 380 g/mol. The molecule has 0 saturated heterocycles. The molecule has 0 fully saturated rings. The van der Waals surface area contributed by atoms with Crippen LogP contribution in [0.25, 0.3) is 11.7 Å². The van der Waals surface area contributed by atoms with Gasteiger partial charge in [0.2, 0.25) is 0 Å². The number of aryl methyl sites for hydroxylation is 3. The Balaban J connectivity index is 2.02. The lowest BCUT2D eigenvalue weighted by Gasteiger charge is -2.23. The third kappa shape index (κ3) is 3.90. The largest absolute Gasteiger partial charge is 0.380 e. The first-order valence-corrected chi connectivity index (χ1v) is 10.2. The molecule has 0 radical (unpaired) electrons. The smallest absolute Gasteiger partial charge is 0.161 e. The van der Waals surface area contributed by atoms with Crippen molar-refractivity contribution in [2.75, 3.05) is 25.1 Å². The molecule has 0 unspecified atom stereocenters. The first kappa shape index (κ1) is 20.3. The highest BCUT2D eigenvalue weighted by Crippen LogP contribution is 2.21. The first-order chi connectivity index (χ1) is 13.5. The molecule has 3 aromatic rings. The first-order valence-electron chi connectivity index (χ1n) is 10.2. The Morgan fingerprint density at radius 3 is 2.57 bits per heavy atom. The zero-order valence-electron chi connectivity index (χ0n) is 18.0. The summed E-state index contributed by atoms with van der Waals surface area (Å²) in [5.74, 6) is 0. The number of ether oxygens (including phenoxy) is 1. The van der Waals surface area contributed by atoms with Gasteiger partial charge in [0.15, 0.2) is 5.65 Å². The fraction of sp³-hybridized carbons (Fsp3) is 0.478. The van der Waals surface area contributed by atoms with E-state index in [-0.39, 0.29) is 0 Å². The van der Waals surface area contributed by atoms with Gasteiger partial charge in [-0.1, -0.05) is 19.4 Å². The highest BCUT2D eigenvalue weighted by atomic mass is 16.5. The highest BCUT2D eigenvalue weighted by molar-refractivity contribution is 5.61. The number of methoxy groups -OCH3 is 1. The Morgan fingerprint density at radius 1 is 1.14 bits per heavy atom. The van der Waals surface area contributed by atoms with E-state index in [9.17, 15) is 0 Å². The van der Waals surface area contributed by atoms with E-state index in [1.807, 2.05) is 18.4 Å². The van der Waals surface area contributed by atoms with Gasteiger partial charge < -0.3 is 9.64 Å². The molecule has 5 nitrogen and oxygen atoms in total. The van der Waals surface area contributed by atoms with E-state index < -0.39 is 0 Å². The average Bonchev–Trinajstić information content (AvgIpc) is 3.13. The minimum atomic E-state index is 0.531. The maximum absolute atomic E-state index is 5.33. The van der Waals surface area contributed by atoms with Crippen molar-refractivity contribution in [1.82, 2.24) is 14.6 Å². The van der Waals surface area contributed by atoms with Crippen molar-refractivity contribution in [2.45, 2.75) is 54.1 Å². The van der Waals surface area contributed by atoms with E-state index in [2.05, 4.69) is 49.9 Å². The van der Waals surface area contributed by atoms with Crippen molar-refractivity contribution in [3.8, 4) is 0 Å². The van der Waals surface area contributed by atoms with Gasteiger partial charge in [0, 0.05) is 31.5 Å². The van der Waals surface area contributed by atoms with Crippen LogP contribution in [-0.4, -0.2) is 34.8 Å². The number of unbranched alkanes of at least 4 members (excludes halogenated alkanes) is 1. The zero-order valence-corrected chi connectivity index (χ0v) is 18.0. The summed E-state index contributed by atoms with van der Waals surface area (Å²) in [6.45, 7) is 13.4. The molecule has 1 aromatic carbocycles. The van der Waals surface area contributed by atoms with Crippen LogP contribution >= 0.6 is 0 Å². The van der Waals surface area contributed by atoms with E-state index in [4.69, 9.17) is 14.8 Å². The van der Waals surface area contributed by atoms with Crippen molar-refractivity contribution in [1.29, 1.82) is 0 Å². The van der Waals surface area contributed by atoms with E-state index in [0.29, 0.717) is 6.61 Å². The molecule has 0 atom stereocenters. The number of nitrogens with zero attached hydrogens (tertiary/aromatic N) is 4. The topological polar surface area (TPSA) is 42.7 Å². The molecule has 0 amide bonds. The number of rotatable bonds is 8. The maximum Gasteiger partial charge on any atom is 0.161 e. The molecule has 3 rings (SSSR count). The van der Waals surface area contributed by atoms with E-state index in [1.165, 1.54) is 29.7 Å². The van der Waals surface area contributed by atoms with Crippen LogP contribution in [0.1, 0.15) is 54.8 Å². The molecule has 0 aliphatic carbocycles. The van der Waals surface area contributed by atoms with Crippen LogP contribution in [0.3, 0.4) is 0 Å². The third-order valence-corrected chi connectivity index (χ3v) is 5.39. The van der Waals surface area contributed by atoms with Gasteiger partial charge in [-0.25, -0.2) is 9.50 Å². The molecule has 0 aliphatic heterocycles. The Labute approximate surface area is 168 Å². The highest BCUT2D eigenvalue weighted by Gasteiger charge is 2.14. The van der Waals surface area contributed by atoms with Gasteiger partial charge in [-0.2, -0.15) is 5.10 Å². The second-order valence-corrected chi connectivity index (χ2v) is 7.43. The molecule has 0 spiro atoms. The number of hydrogen-bond acceptors (Lipinski definition) is 4. The fourth-order valence-corrected chi connectivity index (χ4v) is 3.66. The summed E-state index contributed by atoms with van der Waals surface area (Å²) in [6, 6.07) is 6.73. The second kappa shape index (κ2) is 8.74. The molecular weight excluding hydrogens is 348 g/mol. The molecule has 0 N–H and O–H groups in total. The summed E-state index contributed by atoms with van der Waals surface area (Å²) in [4.78, 5) is 7.20. The predicted octanol–water partition coefficient (Wildman–Crippen LogP) is 3.98. The van der Waals surface area contributed by atoms with Crippen LogP contribution in [0.2, 0.25) is 0 Å². The minimum absolute atomic E-state index is 0.531. The third-order valence-electron chi connectivity index (χ3n) is 5.39. The standard InChI is InChI=1S/C23H32N4O/c1-7-9-12-26(8-2)20-11-10-19(16(3)13-20)14-22-18(5)24-23-21(15-28-6)17(4)25-27(22)23/h10-11,13-14H,7-9,12,15H2,1-6H3/b22-14-. The lowest BCUT2D eigenvalue weighted by molar-refractivity contribution is 0.185. The average molecular weight is 381 g/mol. The number of fused-ring (bicyclic) bond motifs is 1. The Hall–Kier alpha value is -2.40. The number of hydrogen-bond donors (Lipinski definition) is 0. The zero-order chi connectivity index (χ0) is 20.3. The Bertz CT molecular complexity index is 1010. The quantitative estimate of drug-likeness (QED) is 0.593. The Kier molecular flexibility index (Phi) is 6.35. The molecule has 28 heavy (non-hydrogen) atoms. The van der Waals surface area contributed by atoms with Crippen LogP contribution in [-0.2, 0) is 11.3 Å². The summed E-state index contributed by atoms with van der Waals surface area (Å²) < 4.78 is 7.28. The number of benzene rings is 1. The van der Waals surface area contributed by atoms with E-state index in [0.717, 1.165) is 41.0 Å². The minimum Gasteiger partial charge on any atom is -0.380 e. The molecule has 0 saturated carbocycles. The predicted molar refractivity (Wildman–Crippen MR) is 116 cm³/mol. The SMILES string of the molecule is CCCCN(CC)c1ccc(/C=c2/c(C)nc3c(COC)c(C)nn23)c(C)c1. The van der Waals surface area contributed by atoms with Gasteiger partial charge in [0.1, 0.15) is 0 Å². The van der Waals surface area contributed by atoms with Gasteiger partial charge in [0.25, 0.3) is 0 Å². The molecule has 0 bridgehead atoms. The lowest BCUT2D eigenvalue weighted by atomic mass is 10.1. The lowest BCUT2D eigenvalue weighted by Crippen LogP contribution is -2.23. The summed E-state index contributed by atoms with van der Waals surface area (Å²) in [7, 11) is 1.71. The molecule has 5 heteroatoms. The van der Waals surface area contributed by atoms with Gasteiger partial charge >= 0.3 is 0 Å². The maximum atomic E-state index is 5.33. The van der Waals surface area contributed by atoms with Crippen LogP contribution in [0.4, 0.5) is 5.69 Å². The number of aromatic nitrogens is 3. The molecule has 150 valence electrons. The molecule has 2 heterocycles. The van der Waals surface area contributed by atoms with Crippen molar-refractivity contribution in [2.24, 2.45) is 0 Å². The van der Waals surface area contributed by atoms with Gasteiger partial charge in [-0.3, -0.25) is 0 Å². The molecule has 0 aliphatic rings. The van der Waals surface area contributed by atoms with E-state index in [1.54, 1.807) is 7.11 Å². The van der Waals surface area contributed by atoms with Crippen molar-refractivity contribution < 1.29 is 4.74 Å². The van der Waals surface area contributed by atoms with Gasteiger partial charge in [-0.15, -0.1) is 0 Å². The fourth-order valence-electron chi connectivity index (χ4n) is 3.66. The van der Waals surface area contributed by atoms with Gasteiger partial charge in [-0.05, 0) is 63.5 Å². The van der Waals surface area contributed by atoms with Crippen LogP contribution in [0.5, 0.6) is 0 Å². The molecule has 2 aromatic heterocycles. The summed E-state index contributed by atoms with van der Waals surface area (Å²) in [5, 5.41) is 5.74. The van der Waals surface area contributed by atoms with Crippen molar-refractivity contribution in [3.63, 3.8) is 0 Å². The second-order valence-electron chi connectivity index (χ2n) is 7.43. The van der Waals surface area contributed by atoms with Crippen LogP contribution < -0.4 is 10.2 Å². The Morgan fingerprint density at radius 2 is 1.93 bits per heavy atom. The summed E-state index contributed by atoms with van der Waals surface area (Å²) >= 11 is 0. The van der Waals surface area contributed by atoms with Crippen molar-refractivity contribution in [3.05, 3.63) is 51.6 Å². The van der Waals surface area contributed by atoms with Crippen LogP contribution in [0, 0.1) is 20.8 Å². The number of imidazole rings is 1. The molecular formula is C23H32N4O. The number of anilines is 1. The van der Waals surface area contributed by atoms with Gasteiger partial charge in [0.05, 0.1) is 23.3 Å². The summed E-state index contributed by atoms with van der Waals surface area (Å²) in [5.41, 5.74) is 7.68. The van der Waals surface area contributed by atoms with Crippen LogP contribution in [0.15, 0.2) is 18.2 Å². The van der Waals surface area contributed by atoms with Crippen molar-refractivity contribution >= 4 is 17.4 Å².